The van der Waals surface area contributed by atoms with E-state index in [2.05, 4.69) is 34.1 Å². The number of benzene rings is 1. The largest absolute Gasteiger partial charge is 0.355 e. The second kappa shape index (κ2) is 4.88. The van der Waals surface area contributed by atoms with E-state index in [-0.39, 0.29) is 6.04 Å². The van der Waals surface area contributed by atoms with Gasteiger partial charge in [0, 0.05) is 0 Å². The standard InChI is InChI=1S/C13H11ClN2S2/c1-8(9-5-6-17-7-9)15-13-16-11-4-2-3-10(14)12(11)18-13/h2-8H,1H3,(H,15,16). The van der Waals surface area contributed by atoms with Crippen LogP contribution in [0.3, 0.4) is 0 Å². The summed E-state index contributed by atoms with van der Waals surface area (Å²) in [7, 11) is 0. The summed E-state index contributed by atoms with van der Waals surface area (Å²) in [5, 5.41) is 9.33. The van der Waals surface area contributed by atoms with E-state index >= 15 is 0 Å². The number of fused-ring (bicyclic) bond motifs is 1. The summed E-state index contributed by atoms with van der Waals surface area (Å²) in [4.78, 5) is 4.55. The quantitative estimate of drug-likeness (QED) is 0.719. The van der Waals surface area contributed by atoms with E-state index in [0.29, 0.717) is 0 Å². The van der Waals surface area contributed by atoms with Gasteiger partial charge in [0.25, 0.3) is 0 Å². The molecule has 0 radical (unpaired) electrons. The van der Waals surface area contributed by atoms with Gasteiger partial charge in [-0.3, -0.25) is 0 Å². The van der Waals surface area contributed by atoms with Gasteiger partial charge in [-0.15, -0.1) is 0 Å². The molecule has 1 unspecified atom stereocenters. The van der Waals surface area contributed by atoms with Gasteiger partial charge in [-0.1, -0.05) is 29.0 Å². The Morgan fingerprint density at radius 2 is 2.22 bits per heavy atom. The fourth-order valence-corrected chi connectivity index (χ4v) is 3.76. The lowest BCUT2D eigenvalue weighted by atomic mass is 10.2. The molecule has 0 aliphatic rings. The molecular weight excluding hydrogens is 284 g/mol. The first-order valence-corrected chi connectivity index (χ1v) is 7.71. The molecule has 0 fully saturated rings. The van der Waals surface area contributed by atoms with Crippen molar-refractivity contribution in [3.8, 4) is 0 Å². The van der Waals surface area contributed by atoms with Crippen LogP contribution in [0.15, 0.2) is 35.0 Å². The van der Waals surface area contributed by atoms with Crippen molar-refractivity contribution < 1.29 is 0 Å². The number of nitrogens with one attached hydrogen (secondary N) is 1. The highest BCUT2D eigenvalue weighted by Crippen LogP contribution is 2.33. The number of anilines is 1. The van der Waals surface area contributed by atoms with E-state index in [1.165, 1.54) is 5.56 Å². The summed E-state index contributed by atoms with van der Waals surface area (Å²) in [6, 6.07) is 8.20. The van der Waals surface area contributed by atoms with Crippen molar-refractivity contribution in [3.05, 3.63) is 45.6 Å². The predicted octanol–water partition coefficient (Wildman–Crippen LogP) is 5.18. The van der Waals surface area contributed by atoms with E-state index in [1.807, 2.05) is 18.2 Å². The lowest BCUT2D eigenvalue weighted by molar-refractivity contribution is 0.888. The molecule has 2 nitrogen and oxygen atoms in total. The molecule has 0 saturated carbocycles. The highest BCUT2D eigenvalue weighted by molar-refractivity contribution is 7.22. The van der Waals surface area contributed by atoms with Crippen LogP contribution in [0.25, 0.3) is 10.2 Å². The van der Waals surface area contributed by atoms with E-state index in [9.17, 15) is 0 Å². The number of thiazole rings is 1. The average Bonchev–Trinajstić information content (AvgIpc) is 2.97. The van der Waals surface area contributed by atoms with Gasteiger partial charge in [-0.05, 0) is 41.4 Å². The average molecular weight is 295 g/mol. The van der Waals surface area contributed by atoms with Crippen molar-refractivity contribution in [3.63, 3.8) is 0 Å². The fourth-order valence-electron chi connectivity index (χ4n) is 1.77. The number of rotatable bonds is 3. The molecule has 0 aliphatic carbocycles. The van der Waals surface area contributed by atoms with Gasteiger partial charge in [0.05, 0.1) is 21.3 Å². The highest BCUT2D eigenvalue weighted by Gasteiger charge is 2.10. The van der Waals surface area contributed by atoms with Gasteiger partial charge in [0.2, 0.25) is 0 Å². The molecule has 0 spiro atoms. The smallest absolute Gasteiger partial charge is 0.184 e. The second-order valence-electron chi connectivity index (χ2n) is 4.03. The Hall–Kier alpha value is -1.10. The van der Waals surface area contributed by atoms with Crippen molar-refractivity contribution >= 4 is 49.6 Å². The van der Waals surface area contributed by atoms with Crippen molar-refractivity contribution in [1.29, 1.82) is 0 Å². The number of hydrogen-bond acceptors (Lipinski definition) is 4. The molecule has 1 atom stereocenters. The predicted molar refractivity (Wildman–Crippen MR) is 81.0 cm³/mol. The zero-order valence-electron chi connectivity index (χ0n) is 9.68. The molecule has 3 aromatic rings. The van der Waals surface area contributed by atoms with Gasteiger partial charge >= 0.3 is 0 Å². The maximum absolute atomic E-state index is 6.15. The van der Waals surface area contributed by atoms with Gasteiger partial charge in [0.15, 0.2) is 5.13 Å². The second-order valence-corrected chi connectivity index (χ2v) is 6.22. The normalized spacial score (nSPS) is 12.8. The van der Waals surface area contributed by atoms with Crippen LogP contribution < -0.4 is 5.32 Å². The van der Waals surface area contributed by atoms with Crippen LogP contribution in [0.5, 0.6) is 0 Å². The van der Waals surface area contributed by atoms with E-state index in [4.69, 9.17) is 11.6 Å². The van der Waals surface area contributed by atoms with Crippen LogP contribution in [0.1, 0.15) is 18.5 Å². The van der Waals surface area contributed by atoms with Crippen LogP contribution in [0, 0.1) is 0 Å². The van der Waals surface area contributed by atoms with Crippen molar-refractivity contribution in [2.24, 2.45) is 0 Å². The summed E-state index contributed by atoms with van der Waals surface area (Å²) in [6.07, 6.45) is 0. The van der Waals surface area contributed by atoms with Gasteiger partial charge in [-0.25, -0.2) is 4.98 Å². The minimum absolute atomic E-state index is 0.260. The number of halogens is 1. The molecule has 0 aliphatic heterocycles. The summed E-state index contributed by atoms with van der Waals surface area (Å²) in [6.45, 7) is 2.13. The SMILES string of the molecule is CC(Nc1nc2cccc(Cl)c2s1)c1ccsc1. The van der Waals surface area contributed by atoms with Crippen LogP contribution in [0.4, 0.5) is 5.13 Å². The first-order chi connectivity index (χ1) is 8.74. The molecule has 1 aromatic carbocycles. The molecular formula is C13H11ClN2S2. The maximum atomic E-state index is 6.15. The molecule has 3 rings (SSSR count). The molecule has 92 valence electrons. The highest BCUT2D eigenvalue weighted by atomic mass is 35.5. The van der Waals surface area contributed by atoms with Gasteiger partial charge < -0.3 is 5.32 Å². The van der Waals surface area contributed by atoms with Crippen LogP contribution in [-0.2, 0) is 0 Å². The third-order valence-corrected chi connectivity index (χ3v) is 4.91. The molecule has 1 N–H and O–H groups in total. The molecule has 0 amide bonds. The number of nitrogens with zero attached hydrogens (tertiary/aromatic N) is 1. The lowest BCUT2D eigenvalue weighted by Crippen LogP contribution is -2.04. The van der Waals surface area contributed by atoms with Crippen molar-refractivity contribution in [2.75, 3.05) is 5.32 Å². The van der Waals surface area contributed by atoms with Gasteiger partial charge in [-0.2, -0.15) is 11.3 Å². The Kier molecular flexibility index (Phi) is 3.24. The zero-order chi connectivity index (χ0) is 12.5. The molecule has 2 aromatic heterocycles. The third-order valence-electron chi connectivity index (χ3n) is 2.75. The lowest BCUT2D eigenvalue weighted by Gasteiger charge is -2.10. The molecule has 5 heteroatoms. The Balaban J connectivity index is 1.89. The Morgan fingerprint density at radius 3 is 2.94 bits per heavy atom. The van der Waals surface area contributed by atoms with E-state index in [0.717, 1.165) is 20.4 Å². The Labute approximate surface area is 118 Å². The number of aromatic nitrogens is 1. The number of hydrogen-bond donors (Lipinski definition) is 1. The minimum Gasteiger partial charge on any atom is -0.355 e. The Morgan fingerprint density at radius 1 is 1.33 bits per heavy atom. The molecule has 2 heterocycles. The molecule has 18 heavy (non-hydrogen) atoms. The third kappa shape index (κ3) is 2.23. The molecule has 0 bridgehead atoms. The zero-order valence-corrected chi connectivity index (χ0v) is 12.1. The summed E-state index contributed by atoms with van der Waals surface area (Å²) < 4.78 is 1.04. The minimum atomic E-state index is 0.260. The monoisotopic (exact) mass is 294 g/mol. The first kappa shape index (κ1) is 12.0. The van der Waals surface area contributed by atoms with Crippen LogP contribution in [-0.4, -0.2) is 4.98 Å². The van der Waals surface area contributed by atoms with Crippen LogP contribution in [0.2, 0.25) is 5.02 Å². The van der Waals surface area contributed by atoms with Crippen LogP contribution >= 0.6 is 34.3 Å². The Bertz CT molecular complexity index is 661. The van der Waals surface area contributed by atoms with Crippen molar-refractivity contribution in [2.45, 2.75) is 13.0 Å². The van der Waals surface area contributed by atoms with E-state index < -0.39 is 0 Å². The maximum Gasteiger partial charge on any atom is 0.184 e. The number of thiophene rings is 1. The van der Waals surface area contributed by atoms with E-state index in [1.54, 1.807) is 22.7 Å². The summed E-state index contributed by atoms with van der Waals surface area (Å²) in [5.74, 6) is 0. The summed E-state index contributed by atoms with van der Waals surface area (Å²) >= 11 is 9.46. The van der Waals surface area contributed by atoms with Gasteiger partial charge in [0.1, 0.15) is 0 Å². The topological polar surface area (TPSA) is 24.9 Å². The van der Waals surface area contributed by atoms with Crippen molar-refractivity contribution in [1.82, 2.24) is 4.98 Å². The summed E-state index contributed by atoms with van der Waals surface area (Å²) in [5.41, 5.74) is 2.23. The first-order valence-electron chi connectivity index (χ1n) is 5.58. The fraction of sp³-hybridized carbons (Fsp3) is 0.154. The molecule has 0 saturated heterocycles.